The highest BCUT2D eigenvalue weighted by molar-refractivity contribution is 5.95. The lowest BCUT2D eigenvalue weighted by Gasteiger charge is -2.27. The smallest absolute Gasteiger partial charge is 0.410 e. The zero-order valence-electron chi connectivity index (χ0n) is 23.4. The van der Waals surface area contributed by atoms with Crippen LogP contribution in [-0.4, -0.2) is 58.9 Å². The van der Waals surface area contributed by atoms with Gasteiger partial charge in [-0.25, -0.2) is 9.18 Å². The van der Waals surface area contributed by atoms with Crippen LogP contribution in [0, 0.1) is 23.1 Å². The molecule has 0 aromatic heterocycles. The van der Waals surface area contributed by atoms with Gasteiger partial charge in [-0.3, -0.25) is 19.3 Å². The van der Waals surface area contributed by atoms with E-state index < -0.39 is 23.7 Å². The molecule has 3 heterocycles. The molecule has 0 N–H and O–H groups in total. The third-order valence-electron chi connectivity index (χ3n) is 8.97. The average Bonchev–Trinajstić information content (AvgIpc) is 3.24. The van der Waals surface area contributed by atoms with E-state index in [9.17, 15) is 23.6 Å². The van der Waals surface area contributed by atoms with Crippen molar-refractivity contribution < 1.29 is 33.0 Å². The number of nitrogens with zero attached hydrogens (tertiary/aromatic N) is 2. The van der Waals surface area contributed by atoms with Crippen molar-refractivity contribution in [1.29, 1.82) is 0 Å². The first-order valence-electron chi connectivity index (χ1n) is 14.6. The molecular formula is C31H39FN2O6. The molecule has 2 amide bonds. The van der Waals surface area contributed by atoms with E-state index in [2.05, 4.69) is 6.08 Å². The monoisotopic (exact) mass is 554 g/mol. The normalized spacial score (nSPS) is 31.4. The van der Waals surface area contributed by atoms with Gasteiger partial charge in [0.2, 0.25) is 5.91 Å². The second-order valence-corrected chi connectivity index (χ2v) is 11.8. The molecule has 0 bridgehead atoms. The SMILES string of the molecule is CCOC(=O)[C@]12CC(=O)[C@@H]3C[C@@H](OC(=O)N4Cc5cccc(F)c5C4)CN3C(=O)[C@@H](C)CCCCC/C=C\[C@H]1C2. The molecule has 0 radical (unpaired) electrons. The number of carbonyl (C=O) groups is 4. The van der Waals surface area contributed by atoms with Gasteiger partial charge in [-0.15, -0.1) is 0 Å². The number of carbonyl (C=O) groups excluding carboxylic acids is 4. The van der Waals surface area contributed by atoms with Crippen molar-refractivity contribution in [3.05, 3.63) is 47.3 Å². The van der Waals surface area contributed by atoms with Gasteiger partial charge in [-0.2, -0.15) is 0 Å². The minimum Gasteiger partial charge on any atom is -0.466 e. The fourth-order valence-electron chi connectivity index (χ4n) is 6.51. The van der Waals surface area contributed by atoms with Crippen LogP contribution >= 0.6 is 0 Å². The maximum absolute atomic E-state index is 14.2. The molecule has 1 aromatic rings. The third kappa shape index (κ3) is 5.65. The van der Waals surface area contributed by atoms with Gasteiger partial charge >= 0.3 is 12.1 Å². The third-order valence-corrected chi connectivity index (χ3v) is 8.97. The predicted molar refractivity (Wildman–Crippen MR) is 144 cm³/mol. The summed E-state index contributed by atoms with van der Waals surface area (Å²) in [7, 11) is 0. The minimum atomic E-state index is -0.899. The van der Waals surface area contributed by atoms with Crippen LogP contribution in [0.2, 0.25) is 0 Å². The molecule has 0 spiro atoms. The first-order valence-corrected chi connectivity index (χ1v) is 14.6. The van der Waals surface area contributed by atoms with Crippen molar-refractivity contribution in [3.63, 3.8) is 0 Å². The predicted octanol–water partition coefficient (Wildman–Crippen LogP) is 4.93. The molecule has 1 saturated heterocycles. The van der Waals surface area contributed by atoms with Crippen LogP contribution in [0.1, 0.15) is 76.3 Å². The van der Waals surface area contributed by atoms with Gasteiger partial charge in [0.05, 0.1) is 31.2 Å². The highest BCUT2D eigenvalue weighted by atomic mass is 19.1. The lowest BCUT2D eigenvalue weighted by atomic mass is 9.91. The Morgan fingerprint density at radius 1 is 1.15 bits per heavy atom. The second kappa shape index (κ2) is 11.7. The maximum atomic E-state index is 14.2. The van der Waals surface area contributed by atoms with Crippen molar-refractivity contribution >= 4 is 23.8 Å². The lowest BCUT2D eigenvalue weighted by Crippen LogP contribution is -2.44. The largest absolute Gasteiger partial charge is 0.466 e. The summed E-state index contributed by atoms with van der Waals surface area (Å²) in [4.78, 5) is 56.4. The van der Waals surface area contributed by atoms with Crippen molar-refractivity contribution in [3.8, 4) is 0 Å². The Hall–Kier alpha value is -3.23. The quantitative estimate of drug-likeness (QED) is 0.389. The number of allylic oxidation sites excluding steroid dienone is 2. The lowest BCUT2D eigenvalue weighted by molar-refractivity contribution is -0.152. The number of benzene rings is 1. The Bertz CT molecular complexity index is 1200. The van der Waals surface area contributed by atoms with Gasteiger partial charge in [-0.05, 0) is 50.2 Å². The zero-order valence-corrected chi connectivity index (χ0v) is 23.4. The van der Waals surface area contributed by atoms with Crippen LogP contribution in [0.25, 0.3) is 0 Å². The number of halogens is 1. The molecule has 216 valence electrons. The Balaban J connectivity index is 1.33. The average molecular weight is 555 g/mol. The summed E-state index contributed by atoms with van der Waals surface area (Å²) in [6.07, 6.45) is 8.15. The van der Waals surface area contributed by atoms with E-state index in [1.54, 1.807) is 24.0 Å². The van der Waals surface area contributed by atoms with Crippen molar-refractivity contribution in [1.82, 2.24) is 9.80 Å². The molecule has 9 heteroatoms. The summed E-state index contributed by atoms with van der Waals surface area (Å²) in [6, 6.07) is 4.00. The second-order valence-electron chi connectivity index (χ2n) is 11.8. The molecule has 5 atom stereocenters. The van der Waals surface area contributed by atoms with E-state index in [1.165, 1.54) is 11.0 Å². The number of Topliss-reactive ketones (excluding diaryl/α,β-unsaturated/α-hetero) is 1. The summed E-state index contributed by atoms with van der Waals surface area (Å²) in [5.74, 6) is -1.37. The number of ketones is 1. The van der Waals surface area contributed by atoms with Crippen LogP contribution < -0.4 is 0 Å². The van der Waals surface area contributed by atoms with E-state index in [-0.39, 0.29) is 74.4 Å². The number of ether oxygens (including phenoxy) is 2. The first kappa shape index (κ1) is 28.3. The molecule has 0 unspecified atom stereocenters. The number of amides is 2. The number of fused-ring (bicyclic) bond motifs is 3. The summed E-state index contributed by atoms with van der Waals surface area (Å²) < 4.78 is 25.4. The molecule has 1 saturated carbocycles. The van der Waals surface area contributed by atoms with Gasteiger partial charge in [0.15, 0.2) is 5.78 Å². The minimum absolute atomic E-state index is 0.00888. The molecule has 4 aliphatic rings. The van der Waals surface area contributed by atoms with E-state index in [0.29, 0.717) is 12.0 Å². The number of hydrogen-bond donors (Lipinski definition) is 0. The molecular weight excluding hydrogens is 515 g/mol. The van der Waals surface area contributed by atoms with Crippen LogP contribution in [0.5, 0.6) is 0 Å². The maximum Gasteiger partial charge on any atom is 0.410 e. The van der Waals surface area contributed by atoms with Crippen molar-refractivity contribution in [2.75, 3.05) is 13.2 Å². The van der Waals surface area contributed by atoms with Crippen LogP contribution in [0.4, 0.5) is 9.18 Å². The molecule has 5 rings (SSSR count). The van der Waals surface area contributed by atoms with E-state index in [0.717, 1.165) is 37.7 Å². The zero-order chi connectivity index (χ0) is 28.4. The van der Waals surface area contributed by atoms with Crippen LogP contribution in [-0.2, 0) is 36.9 Å². The van der Waals surface area contributed by atoms with Gasteiger partial charge < -0.3 is 14.4 Å². The van der Waals surface area contributed by atoms with E-state index in [4.69, 9.17) is 9.47 Å². The standard InChI is InChI=1S/C31H39FN2O6/c1-3-39-29(37)31-15-22(31)12-8-6-4-5-7-10-20(2)28(36)34-18-23(14-26(34)27(35)16-31)40-30(38)33-17-21-11-9-13-25(32)24(21)19-33/h8-9,11-13,20,22-23,26H,3-7,10,14-19H2,1-2H3/b12-8-/t20-,22-,23+,26-,31+/m0/s1. The van der Waals surface area contributed by atoms with E-state index in [1.807, 2.05) is 13.0 Å². The number of hydrogen-bond acceptors (Lipinski definition) is 6. The molecule has 1 aliphatic carbocycles. The Kier molecular flexibility index (Phi) is 8.29. The fourth-order valence-corrected chi connectivity index (χ4v) is 6.51. The molecule has 3 aliphatic heterocycles. The molecule has 8 nitrogen and oxygen atoms in total. The summed E-state index contributed by atoms with van der Waals surface area (Å²) in [5, 5.41) is 0. The number of rotatable bonds is 3. The van der Waals surface area contributed by atoms with Crippen molar-refractivity contribution in [2.24, 2.45) is 17.3 Å². The van der Waals surface area contributed by atoms with Gasteiger partial charge in [0.25, 0.3) is 0 Å². The topological polar surface area (TPSA) is 93.2 Å². The van der Waals surface area contributed by atoms with Gasteiger partial charge in [0.1, 0.15) is 11.9 Å². The molecule has 1 aromatic carbocycles. The van der Waals surface area contributed by atoms with Gasteiger partial charge in [0, 0.05) is 30.9 Å². The van der Waals surface area contributed by atoms with Crippen LogP contribution in [0.15, 0.2) is 30.4 Å². The van der Waals surface area contributed by atoms with Crippen LogP contribution in [0.3, 0.4) is 0 Å². The fraction of sp³-hybridized carbons (Fsp3) is 0.613. The van der Waals surface area contributed by atoms with E-state index >= 15 is 0 Å². The molecule has 40 heavy (non-hydrogen) atoms. The Labute approximate surface area is 234 Å². The van der Waals surface area contributed by atoms with Crippen molar-refractivity contribution in [2.45, 2.75) is 90.4 Å². The Morgan fingerprint density at radius 3 is 2.75 bits per heavy atom. The number of esters is 1. The van der Waals surface area contributed by atoms with Gasteiger partial charge in [-0.1, -0.05) is 44.1 Å². The molecule has 2 fully saturated rings. The first-order chi connectivity index (χ1) is 19.2. The highest BCUT2D eigenvalue weighted by Crippen LogP contribution is 2.57. The highest BCUT2D eigenvalue weighted by Gasteiger charge is 2.61. The summed E-state index contributed by atoms with van der Waals surface area (Å²) >= 11 is 0. The summed E-state index contributed by atoms with van der Waals surface area (Å²) in [5.41, 5.74) is 0.326. The Morgan fingerprint density at radius 2 is 1.98 bits per heavy atom. The summed E-state index contributed by atoms with van der Waals surface area (Å²) in [6.45, 7) is 4.36.